The molecule has 2 atom stereocenters. The fourth-order valence-corrected chi connectivity index (χ4v) is 2.64. The van der Waals surface area contributed by atoms with Crippen LogP contribution < -0.4 is 5.32 Å². The van der Waals surface area contributed by atoms with E-state index in [2.05, 4.69) is 23.1 Å². The van der Waals surface area contributed by atoms with Gasteiger partial charge < -0.3 is 5.32 Å². The fraction of sp³-hybridized carbons (Fsp3) is 0.857. The zero-order valence-electron chi connectivity index (χ0n) is 10.4. The summed E-state index contributed by atoms with van der Waals surface area (Å²) in [6.07, 6.45) is 12.2. The van der Waals surface area contributed by atoms with Crippen molar-refractivity contribution in [2.24, 2.45) is 5.92 Å². The van der Waals surface area contributed by atoms with E-state index in [1.165, 1.54) is 38.6 Å². The van der Waals surface area contributed by atoms with Crippen LogP contribution in [-0.2, 0) is 0 Å². The van der Waals surface area contributed by atoms with Crippen LogP contribution in [0.2, 0.25) is 0 Å². The molecular formula is C14H24N2. The summed E-state index contributed by atoms with van der Waals surface area (Å²) >= 11 is 0. The lowest BCUT2D eigenvalue weighted by Crippen LogP contribution is -2.51. The SMILES string of the molecule is C#CCN(CCC)C1CCC1CNC1CC1. The average molecular weight is 220 g/mol. The highest BCUT2D eigenvalue weighted by Gasteiger charge is 2.35. The van der Waals surface area contributed by atoms with Gasteiger partial charge in [0.1, 0.15) is 0 Å². The third-order valence-corrected chi connectivity index (χ3v) is 3.90. The summed E-state index contributed by atoms with van der Waals surface area (Å²) in [6, 6.07) is 1.59. The smallest absolute Gasteiger partial charge is 0.0601 e. The maximum atomic E-state index is 5.45. The monoisotopic (exact) mass is 220 g/mol. The minimum atomic E-state index is 0.752. The summed E-state index contributed by atoms with van der Waals surface area (Å²) in [4.78, 5) is 2.50. The highest BCUT2D eigenvalue weighted by Crippen LogP contribution is 2.32. The Hall–Kier alpha value is -0.520. The number of rotatable bonds is 7. The molecule has 2 rings (SSSR count). The average Bonchev–Trinajstić information content (AvgIpc) is 3.01. The Morgan fingerprint density at radius 3 is 2.62 bits per heavy atom. The molecule has 2 heteroatoms. The van der Waals surface area contributed by atoms with E-state index < -0.39 is 0 Å². The van der Waals surface area contributed by atoms with Gasteiger partial charge in [-0.05, 0) is 51.1 Å². The first kappa shape index (κ1) is 12.0. The highest BCUT2D eigenvalue weighted by molar-refractivity contribution is 4.97. The van der Waals surface area contributed by atoms with Gasteiger partial charge in [0.2, 0.25) is 0 Å². The molecule has 0 aromatic rings. The quantitative estimate of drug-likeness (QED) is 0.659. The van der Waals surface area contributed by atoms with Gasteiger partial charge >= 0.3 is 0 Å². The molecule has 16 heavy (non-hydrogen) atoms. The molecule has 2 unspecified atom stereocenters. The highest BCUT2D eigenvalue weighted by atomic mass is 15.2. The topological polar surface area (TPSA) is 15.3 Å². The van der Waals surface area contributed by atoms with Crippen molar-refractivity contribution in [2.75, 3.05) is 19.6 Å². The number of hydrogen-bond acceptors (Lipinski definition) is 2. The Bertz CT molecular complexity index is 252. The van der Waals surface area contributed by atoms with E-state index in [1.807, 2.05) is 0 Å². The molecule has 0 aromatic carbocycles. The third kappa shape index (κ3) is 2.99. The molecule has 90 valence electrons. The predicted octanol–water partition coefficient (Wildman–Crippen LogP) is 1.86. The Morgan fingerprint density at radius 1 is 1.31 bits per heavy atom. The Labute approximate surface area is 99.8 Å². The fourth-order valence-electron chi connectivity index (χ4n) is 2.64. The van der Waals surface area contributed by atoms with E-state index >= 15 is 0 Å². The maximum absolute atomic E-state index is 5.45. The lowest BCUT2D eigenvalue weighted by Gasteiger charge is -2.44. The number of nitrogens with one attached hydrogen (secondary N) is 1. The van der Waals surface area contributed by atoms with Gasteiger partial charge in [-0.3, -0.25) is 4.90 Å². The van der Waals surface area contributed by atoms with E-state index in [1.54, 1.807) is 0 Å². The van der Waals surface area contributed by atoms with Crippen LogP contribution in [-0.4, -0.2) is 36.6 Å². The van der Waals surface area contributed by atoms with Crippen molar-refractivity contribution in [3.8, 4) is 12.3 Å². The van der Waals surface area contributed by atoms with E-state index in [4.69, 9.17) is 6.42 Å². The van der Waals surface area contributed by atoms with Gasteiger partial charge in [0.05, 0.1) is 6.54 Å². The molecule has 2 nitrogen and oxygen atoms in total. The second-order valence-corrected chi connectivity index (χ2v) is 5.26. The minimum absolute atomic E-state index is 0.752. The van der Waals surface area contributed by atoms with Gasteiger partial charge in [-0.1, -0.05) is 12.8 Å². The van der Waals surface area contributed by atoms with E-state index in [9.17, 15) is 0 Å². The first-order chi connectivity index (χ1) is 7.85. The summed E-state index contributed by atoms with van der Waals surface area (Å²) in [7, 11) is 0. The molecule has 2 fully saturated rings. The van der Waals surface area contributed by atoms with Crippen LogP contribution in [0.25, 0.3) is 0 Å². The molecule has 1 N–H and O–H groups in total. The largest absolute Gasteiger partial charge is 0.314 e. The summed E-state index contributed by atoms with van der Waals surface area (Å²) in [5, 5.41) is 3.65. The van der Waals surface area contributed by atoms with Crippen LogP contribution in [0.4, 0.5) is 0 Å². The van der Waals surface area contributed by atoms with Crippen molar-refractivity contribution in [3.05, 3.63) is 0 Å². The molecule has 2 saturated carbocycles. The van der Waals surface area contributed by atoms with Crippen LogP contribution in [0, 0.1) is 18.3 Å². The van der Waals surface area contributed by atoms with E-state index in [0.29, 0.717) is 0 Å². The van der Waals surface area contributed by atoms with Crippen molar-refractivity contribution < 1.29 is 0 Å². The molecule has 0 heterocycles. The molecular weight excluding hydrogens is 196 g/mol. The van der Waals surface area contributed by atoms with Crippen LogP contribution >= 0.6 is 0 Å². The molecule has 0 spiro atoms. The van der Waals surface area contributed by atoms with Gasteiger partial charge in [-0.2, -0.15) is 0 Å². The molecule has 0 bridgehead atoms. The summed E-state index contributed by atoms with van der Waals surface area (Å²) in [5.74, 6) is 3.65. The summed E-state index contributed by atoms with van der Waals surface area (Å²) in [6.45, 7) is 5.44. The predicted molar refractivity (Wildman–Crippen MR) is 68.2 cm³/mol. The van der Waals surface area contributed by atoms with Crippen molar-refractivity contribution in [3.63, 3.8) is 0 Å². The summed E-state index contributed by atoms with van der Waals surface area (Å²) in [5.41, 5.74) is 0. The Kier molecular flexibility index (Phi) is 4.26. The van der Waals surface area contributed by atoms with Crippen molar-refractivity contribution in [1.82, 2.24) is 10.2 Å². The van der Waals surface area contributed by atoms with Crippen molar-refractivity contribution >= 4 is 0 Å². The molecule has 0 saturated heterocycles. The zero-order valence-corrected chi connectivity index (χ0v) is 10.4. The number of terminal acetylenes is 1. The first-order valence-corrected chi connectivity index (χ1v) is 6.76. The lowest BCUT2D eigenvalue weighted by molar-refractivity contribution is 0.0728. The van der Waals surface area contributed by atoms with Crippen molar-refractivity contribution in [1.29, 1.82) is 0 Å². The number of hydrogen-bond donors (Lipinski definition) is 1. The normalized spacial score (nSPS) is 28.8. The molecule has 0 aliphatic heterocycles. The Morgan fingerprint density at radius 2 is 2.12 bits per heavy atom. The van der Waals surface area contributed by atoms with Crippen LogP contribution in [0.3, 0.4) is 0 Å². The maximum Gasteiger partial charge on any atom is 0.0601 e. The number of nitrogens with zero attached hydrogens (tertiary/aromatic N) is 1. The van der Waals surface area contributed by atoms with Crippen LogP contribution in [0.1, 0.15) is 39.0 Å². The Balaban J connectivity index is 1.74. The third-order valence-electron chi connectivity index (χ3n) is 3.90. The standard InChI is InChI=1S/C14H24N2/c1-3-9-16(10-4-2)14-8-5-12(14)11-15-13-6-7-13/h1,12-15H,4-11H2,2H3. The van der Waals surface area contributed by atoms with Gasteiger partial charge in [-0.25, -0.2) is 0 Å². The van der Waals surface area contributed by atoms with Crippen LogP contribution in [0.5, 0.6) is 0 Å². The first-order valence-electron chi connectivity index (χ1n) is 6.76. The van der Waals surface area contributed by atoms with Gasteiger partial charge in [-0.15, -0.1) is 6.42 Å². The minimum Gasteiger partial charge on any atom is -0.314 e. The second kappa shape index (κ2) is 5.70. The van der Waals surface area contributed by atoms with Crippen molar-refractivity contribution in [2.45, 2.75) is 51.1 Å². The molecule has 0 radical (unpaired) electrons. The van der Waals surface area contributed by atoms with E-state index in [0.717, 1.165) is 31.1 Å². The van der Waals surface area contributed by atoms with Crippen LogP contribution in [0.15, 0.2) is 0 Å². The van der Waals surface area contributed by atoms with Gasteiger partial charge in [0.25, 0.3) is 0 Å². The molecule has 2 aliphatic carbocycles. The molecule has 2 aliphatic rings. The molecule has 0 aromatic heterocycles. The van der Waals surface area contributed by atoms with Gasteiger partial charge in [0, 0.05) is 12.1 Å². The van der Waals surface area contributed by atoms with Gasteiger partial charge in [0.15, 0.2) is 0 Å². The molecule has 0 amide bonds. The van der Waals surface area contributed by atoms with E-state index in [-0.39, 0.29) is 0 Å². The zero-order chi connectivity index (χ0) is 11.4. The second-order valence-electron chi connectivity index (χ2n) is 5.26. The lowest BCUT2D eigenvalue weighted by atomic mass is 9.78. The summed E-state index contributed by atoms with van der Waals surface area (Å²) < 4.78 is 0.